The van der Waals surface area contributed by atoms with Crippen LogP contribution in [0.5, 0.6) is 0 Å². The topological polar surface area (TPSA) is 24.1 Å². The first kappa shape index (κ1) is 14.9. The van der Waals surface area contributed by atoms with Gasteiger partial charge in [-0.15, -0.1) is 0 Å². The quantitative estimate of drug-likeness (QED) is 0.479. The van der Waals surface area contributed by atoms with E-state index in [4.69, 9.17) is 0 Å². The number of unbranched alkanes of at least 4 members (excludes halogenated alkanes) is 2. The van der Waals surface area contributed by atoms with E-state index in [0.29, 0.717) is 11.6 Å². The first-order valence-electron chi connectivity index (χ1n) is 6.49. The van der Waals surface area contributed by atoms with Gasteiger partial charge in [0.05, 0.1) is 6.17 Å². The molecule has 0 aromatic rings. The first-order chi connectivity index (χ1) is 7.02. The summed E-state index contributed by atoms with van der Waals surface area (Å²) in [6.07, 6.45) is 5.50. The standard InChI is InChI=1S/C13H30N2/c1-6-8-10-14-12(13(3,4)5)15-11-9-7-2/h12,14-15H,6-11H2,1-5H3. The minimum absolute atomic E-state index is 0.293. The van der Waals surface area contributed by atoms with Gasteiger partial charge in [-0.2, -0.15) is 0 Å². The van der Waals surface area contributed by atoms with Crippen LogP contribution < -0.4 is 10.6 Å². The van der Waals surface area contributed by atoms with Crippen LogP contribution in [0.1, 0.15) is 60.3 Å². The Morgan fingerprint density at radius 1 is 0.867 bits per heavy atom. The Hall–Kier alpha value is -0.0800. The molecule has 0 heterocycles. The summed E-state index contributed by atoms with van der Waals surface area (Å²) >= 11 is 0. The summed E-state index contributed by atoms with van der Waals surface area (Å²) in [6.45, 7) is 13.6. The van der Waals surface area contributed by atoms with Gasteiger partial charge in [-0.3, -0.25) is 0 Å². The molecule has 2 N–H and O–H groups in total. The average molecular weight is 214 g/mol. The molecule has 0 fully saturated rings. The number of nitrogens with one attached hydrogen (secondary N) is 2. The third-order valence-electron chi connectivity index (χ3n) is 2.62. The van der Waals surface area contributed by atoms with Crippen LogP contribution in [0, 0.1) is 5.41 Å². The summed E-state index contributed by atoms with van der Waals surface area (Å²) in [7, 11) is 0. The van der Waals surface area contributed by atoms with Crippen molar-refractivity contribution in [3.63, 3.8) is 0 Å². The molecule has 0 spiro atoms. The van der Waals surface area contributed by atoms with Crippen LogP contribution in [0.25, 0.3) is 0 Å². The third kappa shape index (κ3) is 7.80. The second-order valence-corrected chi connectivity index (χ2v) is 5.41. The second-order valence-electron chi connectivity index (χ2n) is 5.41. The van der Waals surface area contributed by atoms with Crippen LogP contribution >= 0.6 is 0 Å². The molecule has 0 aliphatic heterocycles. The van der Waals surface area contributed by atoms with E-state index in [0.717, 1.165) is 13.1 Å². The average Bonchev–Trinajstić information content (AvgIpc) is 2.14. The smallest absolute Gasteiger partial charge is 0.0621 e. The number of hydrogen-bond donors (Lipinski definition) is 2. The van der Waals surface area contributed by atoms with Gasteiger partial charge in [-0.1, -0.05) is 47.5 Å². The Labute approximate surface area is 96.2 Å². The summed E-state index contributed by atoms with van der Waals surface area (Å²) < 4.78 is 0. The maximum Gasteiger partial charge on any atom is 0.0621 e. The van der Waals surface area contributed by atoms with Crippen LogP contribution in [0.3, 0.4) is 0 Å². The van der Waals surface area contributed by atoms with E-state index in [1.807, 2.05) is 0 Å². The van der Waals surface area contributed by atoms with E-state index >= 15 is 0 Å². The van der Waals surface area contributed by atoms with Gasteiger partial charge in [0, 0.05) is 0 Å². The lowest BCUT2D eigenvalue weighted by Crippen LogP contribution is -2.51. The Morgan fingerprint density at radius 3 is 1.53 bits per heavy atom. The van der Waals surface area contributed by atoms with Crippen LogP contribution in [-0.4, -0.2) is 19.3 Å². The zero-order valence-corrected chi connectivity index (χ0v) is 11.3. The number of hydrogen-bond acceptors (Lipinski definition) is 2. The van der Waals surface area contributed by atoms with Crippen molar-refractivity contribution in [2.75, 3.05) is 13.1 Å². The van der Waals surface area contributed by atoms with E-state index in [1.165, 1.54) is 25.7 Å². The van der Waals surface area contributed by atoms with E-state index in [-0.39, 0.29) is 0 Å². The highest BCUT2D eigenvalue weighted by Crippen LogP contribution is 2.17. The Kier molecular flexibility index (Phi) is 8.07. The molecule has 0 aromatic heterocycles. The Bertz CT molecular complexity index is 128. The highest BCUT2D eigenvalue weighted by Gasteiger charge is 2.22. The largest absolute Gasteiger partial charge is 0.301 e. The minimum Gasteiger partial charge on any atom is -0.301 e. The summed E-state index contributed by atoms with van der Waals surface area (Å²) in [4.78, 5) is 0. The van der Waals surface area contributed by atoms with Gasteiger partial charge >= 0.3 is 0 Å². The van der Waals surface area contributed by atoms with E-state index in [2.05, 4.69) is 45.3 Å². The molecule has 2 heteroatoms. The van der Waals surface area contributed by atoms with Crippen molar-refractivity contribution >= 4 is 0 Å². The van der Waals surface area contributed by atoms with Crippen molar-refractivity contribution in [1.82, 2.24) is 10.6 Å². The van der Waals surface area contributed by atoms with Crippen molar-refractivity contribution in [2.45, 2.75) is 66.5 Å². The predicted molar refractivity (Wildman–Crippen MR) is 69.1 cm³/mol. The maximum absolute atomic E-state index is 3.61. The van der Waals surface area contributed by atoms with Crippen LogP contribution in [0.15, 0.2) is 0 Å². The predicted octanol–water partition coefficient (Wildman–Crippen LogP) is 3.14. The molecule has 0 saturated heterocycles. The lowest BCUT2D eigenvalue weighted by Gasteiger charge is -2.32. The monoisotopic (exact) mass is 214 g/mol. The minimum atomic E-state index is 0.293. The molecule has 0 bridgehead atoms. The van der Waals surface area contributed by atoms with Crippen LogP contribution in [0.4, 0.5) is 0 Å². The zero-order valence-electron chi connectivity index (χ0n) is 11.3. The van der Waals surface area contributed by atoms with Gasteiger partial charge < -0.3 is 10.6 Å². The molecule has 2 nitrogen and oxygen atoms in total. The van der Waals surface area contributed by atoms with Crippen molar-refractivity contribution in [2.24, 2.45) is 5.41 Å². The highest BCUT2D eigenvalue weighted by atomic mass is 15.1. The summed E-state index contributed by atoms with van der Waals surface area (Å²) in [6, 6.07) is 0. The van der Waals surface area contributed by atoms with Gasteiger partial charge in [-0.05, 0) is 31.3 Å². The number of rotatable bonds is 8. The molecule has 0 rings (SSSR count). The van der Waals surface area contributed by atoms with Gasteiger partial charge in [0.15, 0.2) is 0 Å². The molecule has 0 unspecified atom stereocenters. The molecule has 0 atom stereocenters. The zero-order chi connectivity index (χ0) is 11.7. The van der Waals surface area contributed by atoms with E-state index < -0.39 is 0 Å². The van der Waals surface area contributed by atoms with Crippen molar-refractivity contribution in [1.29, 1.82) is 0 Å². The van der Waals surface area contributed by atoms with Gasteiger partial charge in [0.25, 0.3) is 0 Å². The van der Waals surface area contributed by atoms with Crippen molar-refractivity contribution in [3.8, 4) is 0 Å². The fourth-order valence-electron chi connectivity index (χ4n) is 1.53. The molecule has 15 heavy (non-hydrogen) atoms. The molecular formula is C13H30N2. The molecule has 0 radical (unpaired) electrons. The van der Waals surface area contributed by atoms with Crippen molar-refractivity contribution in [3.05, 3.63) is 0 Å². The van der Waals surface area contributed by atoms with Crippen LogP contribution in [0.2, 0.25) is 0 Å². The third-order valence-corrected chi connectivity index (χ3v) is 2.62. The fourth-order valence-corrected chi connectivity index (χ4v) is 1.53. The van der Waals surface area contributed by atoms with E-state index in [9.17, 15) is 0 Å². The maximum atomic E-state index is 3.61. The molecule has 0 aliphatic carbocycles. The SMILES string of the molecule is CCCCNC(NCCCC)C(C)(C)C. The summed E-state index contributed by atoms with van der Waals surface area (Å²) in [5, 5.41) is 7.22. The molecule has 92 valence electrons. The highest BCUT2D eigenvalue weighted by molar-refractivity contribution is 4.78. The Morgan fingerprint density at radius 2 is 1.27 bits per heavy atom. The van der Waals surface area contributed by atoms with Gasteiger partial charge in [0.1, 0.15) is 0 Å². The second kappa shape index (κ2) is 8.12. The molecule has 0 saturated carbocycles. The van der Waals surface area contributed by atoms with Gasteiger partial charge in [-0.25, -0.2) is 0 Å². The lowest BCUT2D eigenvalue weighted by atomic mass is 9.92. The molecule has 0 aliphatic rings. The fraction of sp³-hybridized carbons (Fsp3) is 1.00. The summed E-state index contributed by atoms with van der Waals surface area (Å²) in [5.74, 6) is 0. The first-order valence-corrected chi connectivity index (χ1v) is 6.49. The molecular weight excluding hydrogens is 184 g/mol. The molecule has 0 aromatic carbocycles. The van der Waals surface area contributed by atoms with E-state index in [1.54, 1.807) is 0 Å². The molecule has 0 amide bonds. The lowest BCUT2D eigenvalue weighted by molar-refractivity contribution is 0.224. The van der Waals surface area contributed by atoms with Gasteiger partial charge in [0.2, 0.25) is 0 Å². The summed E-state index contributed by atoms with van der Waals surface area (Å²) in [5.41, 5.74) is 0.293. The van der Waals surface area contributed by atoms with Crippen LogP contribution in [-0.2, 0) is 0 Å². The van der Waals surface area contributed by atoms with Crippen molar-refractivity contribution < 1.29 is 0 Å². The Balaban J connectivity index is 3.85. The normalized spacial score (nSPS) is 12.4.